The van der Waals surface area contributed by atoms with E-state index in [1.807, 2.05) is 0 Å². The van der Waals surface area contributed by atoms with Gasteiger partial charge in [0, 0.05) is 4.29 Å². The molecule has 0 radical (unpaired) electrons. The lowest BCUT2D eigenvalue weighted by molar-refractivity contribution is -1.63. The summed E-state index contributed by atoms with van der Waals surface area (Å²) in [7, 11) is -2.11. The Morgan fingerprint density at radius 1 is 1.67 bits per heavy atom. The van der Waals surface area contributed by atoms with Crippen LogP contribution < -0.4 is 9.32 Å². The summed E-state index contributed by atoms with van der Waals surface area (Å²) in [4.78, 5) is 0. The first-order valence-electron chi connectivity index (χ1n) is 1.07. The zero-order chi connectivity index (χ0) is 4.99. The SMILES string of the molecule is [O-][Cl+2]([O-])OCS. The van der Waals surface area contributed by atoms with Crippen molar-refractivity contribution in [2.45, 2.75) is 0 Å². The molecule has 0 fully saturated rings. The van der Waals surface area contributed by atoms with Crippen LogP contribution in [0, 0.1) is 10.8 Å². The second-order valence-corrected chi connectivity index (χ2v) is 1.28. The second-order valence-electron chi connectivity index (χ2n) is 0.427. The third kappa shape index (κ3) is 4.52. The van der Waals surface area contributed by atoms with Gasteiger partial charge in [-0.25, -0.2) is 0 Å². The van der Waals surface area contributed by atoms with Gasteiger partial charge < -0.3 is 9.32 Å². The van der Waals surface area contributed by atoms with Crippen LogP contribution in [-0.4, -0.2) is 5.94 Å². The van der Waals surface area contributed by atoms with E-state index < -0.39 is 10.8 Å². The fraction of sp³-hybridized carbons (Fsp3) is 1.00. The van der Waals surface area contributed by atoms with Crippen LogP contribution in [0.3, 0.4) is 0 Å². The van der Waals surface area contributed by atoms with Gasteiger partial charge in [-0.15, -0.1) is 12.6 Å². The van der Waals surface area contributed by atoms with E-state index in [0.29, 0.717) is 0 Å². The van der Waals surface area contributed by atoms with Crippen LogP contribution >= 0.6 is 12.6 Å². The van der Waals surface area contributed by atoms with E-state index in [2.05, 4.69) is 16.9 Å². The predicted molar refractivity (Wildman–Crippen MR) is 14.9 cm³/mol. The maximum atomic E-state index is 9.29. The van der Waals surface area contributed by atoms with Gasteiger partial charge >= 0.3 is 0 Å². The van der Waals surface area contributed by atoms with Gasteiger partial charge in [0.25, 0.3) is 10.8 Å². The fourth-order valence-corrected chi connectivity index (χ4v) is 0.359. The van der Waals surface area contributed by atoms with Gasteiger partial charge in [0.05, 0.1) is 0 Å². The second kappa shape index (κ2) is 3.70. The molecule has 0 aliphatic heterocycles. The predicted octanol–water partition coefficient (Wildman–Crippen LogP) is -2.02. The molecule has 0 aromatic heterocycles. The van der Waals surface area contributed by atoms with E-state index >= 15 is 0 Å². The van der Waals surface area contributed by atoms with Crippen molar-refractivity contribution in [3.63, 3.8) is 0 Å². The van der Waals surface area contributed by atoms with Crippen molar-refractivity contribution in [1.82, 2.24) is 0 Å². The van der Waals surface area contributed by atoms with Crippen molar-refractivity contribution in [3.8, 4) is 0 Å². The van der Waals surface area contributed by atoms with E-state index in [0.717, 1.165) is 0 Å². The lowest BCUT2D eigenvalue weighted by atomic mass is 11.7. The van der Waals surface area contributed by atoms with Crippen molar-refractivity contribution < 1.29 is 24.4 Å². The van der Waals surface area contributed by atoms with Gasteiger partial charge in [-0.05, 0) is 0 Å². The van der Waals surface area contributed by atoms with Crippen LogP contribution in [-0.2, 0) is 4.29 Å². The maximum absolute atomic E-state index is 9.29. The highest BCUT2D eigenvalue weighted by molar-refractivity contribution is 7.80. The zero-order valence-electron chi connectivity index (χ0n) is 2.76. The van der Waals surface area contributed by atoms with Crippen LogP contribution in [0.15, 0.2) is 0 Å². The third-order valence-electron chi connectivity index (χ3n) is 0.138. The highest BCUT2D eigenvalue weighted by Gasteiger charge is 1.99. The standard InChI is InChI=1S/CH3ClO3S/c3-2(4)5-1-6/h6H,1H2. The number of thiol groups is 1. The molecule has 0 heterocycles. The Bertz CT molecular complexity index is 32.0. The summed E-state index contributed by atoms with van der Waals surface area (Å²) in [6.07, 6.45) is 0. The molecule has 0 unspecified atom stereocenters. The Morgan fingerprint density at radius 2 is 2.17 bits per heavy atom. The molecule has 0 bridgehead atoms. The molecular weight excluding hydrogens is 128 g/mol. The first-order valence-corrected chi connectivity index (χ1v) is 2.63. The largest absolute Gasteiger partial charge is 0.320 e. The van der Waals surface area contributed by atoms with Crippen LogP contribution in [0.1, 0.15) is 0 Å². The van der Waals surface area contributed by atoms with Crippen molar-refractivity contribution in [2.24, 2.45) is 0 Å². The monoisotopic (exact) mass is 130 g/mol. The molecule has 0 aliphatic rings. The summed E-state index contributed by atoms with van der Waals surface area (Å²) in [5.41, 5.74) is 0. The Labute approximate surface area is 43.7 Å². The van der Waals surface area contributed by atoms with Gasteiger partial charge in [0.2, 0.25) is 5.94 Å². The minimum Gasteiger partial charge on any atom is -0.320 e. The van der Waals surface area contributed by atoms with Crippen molar-refractivity contribution >= 4 is 12.6 Å². The molecule has 0 spiro atoms. The van der Waals surface area contributed by atoms with Crippen LogP contribution in [0.4, 0.5) is 0 Å². The summed E-state index contributed by atoms with van der Waals surface area (Å²) in [5, 5.41) is 0. The summed E-state index contributed by atoms with van der Waals surface area (Å²) in [6.45, 7) is 0. The normalized spacial score (nSPS) is 10.0. The minimum absolute atomic E-state index is 0.104. The lowest BCUT2D eigenvalue weighted by Gasteiger charge is -1.85. The Hall–Kier alpha value is 0.520. The van der Waals surface area contributed by atoms with Gasteiger partial charge in [-0.1, -0.05) is 0 Å². The summed E-state index contributed by atoms with van der Waals surface area (Å²) in [6, 6.07) is 0. The molecule has 0 amide bonds. The number of halogens is 1. The van der Waals surface area contributed by atoms with E-state index in [1.54, 1.807) is 0 Å². The average Bonchev–Trinajstić information content (AvgIpc) is 1.35. The van der Waals surface area contributed by atoms with Gasteiger partial charge in [0.15, 0.2) is 0 Å². The summed E-state index contributed by atoms with van der Waals surface area (Å²) >= 11 is 3.44. The number of hydrogen-bond acceptors (Lipinski definition) is 4. The number of rotatable bonds is 2. The fourth-order valence-electron chi connectivity index (χ4n) is 0.0398. The molecule has 38 valence electrons. The molecule has 0 rings (SSSR count). The highest BCUT2D eigenvalue weighted by Crippen LogP contribution is 1.77. The molecule has 0 N–H and O–H groups in total. The Morgan fingerprint density at radius 3 is 2.17 bits per heavy atom. The van der Waals surface area contributed by atoms with E-state index in [4.69, 9.17) is 0 Å². The van der Waals surface area contributed by atoms with Crippen LogP contribution in [0.2, 0.25) is 0 Å². The van der Waals surface area contributed by atoms with Crippen LogP contribution in [0.5, 0.6) is 0 Å². The molecule has 3 nitrogen and oxygen atoms in total. The molecule has 0 aromatic carbocycles. The molecule has 5 heteroatoms. The molecule has 0 saturated heterocycles. The first-order chi connectivity index (χ1) is 2.77. The summed E-state index contributed by atoms with van der Waals surface area (Å²) < 4.78 is 22.4. The minimum atomic E-state index is -2.11. The molecule has 0 aromatic rings. The quantitative estimate of drug-likeness (QED) is 0.347. The van der Waals surface area contributed by atoms with Crippen molar-refractivity contribution in [3.05, 3.63) is 0 Å². The molecule has 0 saturated carbocycles. The average molecular weight is 131 g/mol. The van der Waals surface area contributed by atoms with Gasteiger partial charge in [-0.2, -0.15) is 0 Å². The number of hydrogen-bond donors (Lipinski definition) is 1. The van der Waals surface area contributed by atoms with E-state index in [1.165, 1.54) is 0 Å². The molecule has 0 aliphatic carbocycles. The third-order valence-corrected chi connectivity index (χ3v) is 0.706. The zero-order valence-corrected chi connectivity index (χ0v) is 4.41. The molecule has 6 heavy (non-hydrogen) atoms. The van der Waals surface area contributed by atoms with Crippen LogP contribution in [0.25, 0.3) is 0 Å². The Balaban J connectivity index is 2.63. The lowest BCUT2D eigenvalue weighted by Crippen LogP contribution is -2.33. The smallest absolute Gasteiger partial charge is 0.286 e. The van der Waals surface area contributed by atoms with Crippen molar-refractivity contribution in [2.75, 3.05) is 5.94 Å². The molecule has 0 atom stereocenters. The van der Waals surface area contributed by atoms with E-state index in [9.17, 15) is 9.32 Å². The van der Waals surface area contributed by atoms with Gasteiger partial charge in [-0.3, -0.25) is 0 Å². The first kappa shape index (κ1) is 6.52. The van der Waals surface area contributed by atoms with Crippen molar-refractivity contribution in [1.29, 1.82) is 0 Å². The molecular formula is CH3ClO3S. The van der Waals surface area contributed by atoms with Gasteiger partial charge in [0.1, 0.15) is 0 Å². The Kier molecular flexibility index (Phi) is 4.02. The summed E-state index contributed by atoms with van der Waals surface area (Å²) in [5.74, 6) is -0.104. The van der Waals surface area contributed by atoms with E-state index in [-0.39, 0.29) is 5.94 Å². The topological polar surface area (TPSA) is 55.3 Å². The maximum Gasteiger partial charge on any atom is 0.286 e. The highest BCUT2D eigenvalue weighted by atomic mass is 35.6.